The highest BCUT2D eigenvalue weighted by Gasteiger charge is 2.34. The van der Waals surface area contributed by atoms with Crippen molar-refractivity contribution in [3.05, 3.63) is 66.0 Å². The third-order valence-electron chi connectivity index (χ3n) is 4.56. The molecule has 0 amide bonds. The van der Waals surface area contributed by atoms with Gasteiger partial charge in [-0.05, 0) is 44.5 Å². The number of aromatic nitrogens is 1. The van der Waals surface area contributed by atoms with E-state index < -0.39 is 0 Å². The average Bonchev–Trinajstić information content (AvgIpc) is 3.07. The standard InChI is InChI=1S/C20H25N4/c1-4-13-24(14-5-12-22-24)17(3)18-8-11-20(21-15-18)23-19-9-6-16(2)7-10-19/h5-12,14-15,17H,4,13H2,1-3H3,(H,21,23)/q+1. The molecule has 0 bridgehead atoms. The summed E-state index contributed by atoms with van der Waals surface area (Å²) in [4.78, 5) is 4.58. The van der Waals surface area contributed by atoms with E-state index in [1.807, 2.05) is 24.6 Å². The molecule has 1 aromatic carbocycles. The van der Waals surface area contributed by atoms with Gasteiger partial charge in [-0.1, -0.05) is 29.7 Å². The number of allylic oxidation sites excluding steroid dienone is 1. The first-order chi connectivity index (χ1) is 11.6. The maximum absolute atomic E-state index is 4.69. The van der Waals surface area contributed by atoms with Crippen molar-refractivity contribution in [2.24, 2.45) is 5.10 Å². The number of nitrogens with one attached hydrogen (secondary N) is 1. The monoisotopic (exact) mass is 321 g/mol. The molecule has 4 heteroatoms. The number of rotatable bonds is 6. The Morgan fingerprint density at radius 2 is 1.92 bits per heavy atom. The van der Waals surface area contributed by atoms with Crippen LogP contribution in [0.25, 0.3) is 0 Å². The molecular weight excluding hydrogens is 296 g/mol. The first-order valence-electron chi connectivity index (χ1n) is 8.53. The Balaban J connectivity index is 1.75. The molecule has 124 valence electrons. The summed E-state index contributed by atoms with van der Waals surface area (Å²) in [5.74, 6) is 0.859. The Morgan fingerprint density at radius 3 is 2.50 bits per heavy atom. The molecule has 1 aromatic heterocycles. The topological polar surface area (TPSA) is 37.3 Å². The van der Waals surface area contributed by atoms with E-state index in [9.17, 15) is 0 Å². The Labute approximate surface area is 144 Å². The van der Waals surface area contributed by atoms with Gasteiger partial charge in [0.2, 0.25) is 0 Å². The lowest BCUT2D eigenvalue weighted by molar-refractivity contribution is -0.912. The molecule has 2 heterocycles. The van der Waals surface area contributed by atoms with Gasteiger partial charge in [-0.3, -0.25) is 0 Å². The molecule has 0 saturated carbocycles. The zero-order valence-electron chi connectivity index (χ0n) is 14.6. The van der Waals surface area contributed by atoms with Crippen LogP contribution in [0.15, 0.2) is 60.0 Å². The fourth-order valence-electron chi connectivity index (χ4n) is 3.07. The fraction of sp³-hybridized carbons (Fsp3) is 0.300. The van der Waals surface area contributed by atoms with E-state index in [4.69, 9.17) is 0 Å². The third kappa shape index (κ3) is 3.39. The van der Waals surface area contributed by atoms with E-state index in [1.165, 1.54) is 11.1 Å². The summed E-state index contributed by atoms with van der Waals surface area (Å²) in [5.41, 5.74) is 3.50. The second-order valence-electron chi connectivity index (χ2n) is 6.36. The van der Waals surface area contributed by atoms with Crippen LogP contribution in [-0.2, 0) is 0 Å². The van der Waals surface area contributed by atoms with Gasteiger partial charge in [-0.15, -0.1) is 0 Å². The fourth-order valence-corrected chi connectivity index (χ4v) is 3.07. The second kappa shape index (κ2) is 6.97. The van der Waals surface area contributed by atoms with Gasteiger partial charge in [-0.2, -0.15) is 4.59 Å². The maximum Gasteiger partial charge on any atom is 0.142 e. The van der Waals surface area contributed by atoms with Crippen LogP contribution in [0, 0.1) is 6.92 Å². The normalized spacial score (nSPS) is 20.3. The number of quaternary nitrogens is 1. The predicted molar refractivity (Wildman–Crippen MR) is 100 cm³/mol. The van der Waals surface area contributed by atoms with Crippen LogP contribution in [0.5, 0.6) is 0 Å². The molecule has 3 rings (SSSR count). The first kappa shape index (κ1) is 16.4. The minimum Gasteiger partial charge on any atom is -0.340 e. The molecular formula is C20H25N4+. The van der Waals surface area contributed by atoms with E-state index in [1.54, 1.807) is 0 Å². The van der Waals surface area contributed by atoms with Crippen molar-refractivity contribution >= 4 is 17.7 Å². The number of anilines is 2. The molecule has 0 saturated heterocycles. The molecule has 2 aromatic rings. The molecule has 0 spiro atoms. The lowest BCUT2D eigenvalue weighted by Crippen LogP contribution is -2.38. The molecule has 0 aliphatic carbocycles. The summed E-state index contributed by atoms with van der Waals surface area (Å²) in [5, 5.41) is 8.03. The number of pyridine rings is 1. The summed E-state index contributed by atoms with van der Waals surface area (Å²) in [6.45, 7) is 7.49. The van der Waals surface area contributed by atoms with E-state index in [0.29, 0.717) is 4.59 Å². The van der Waals surface area contributed by atoms with Crippen LogP contribution in [0.4, 0.5) is 11.5 Å². The number of aryl methyl sites for hydroxylation is 1. The highest BCUT2D eigenvalue weighted by Crippen LogP contribution is 2.32. The van der Waals surface area contributed by atoms with Crippen molar-refractivity contribution < 1.29 is 4.59 Å². The Bertz CT molecular complexity index is 717. The van der Waals surface area contributed by atoms with Crippen molar-refractivity contribution in [2.45, 2.75) is 33.2 Å². The number of benzene rings is 1. The average molecular weight is 321 g/mol. The van der Waals surface area contributed by atoms with E-state index >= 15 is 0 Å². The quantitative estimate of drug-likeness (QED) is 0.766. The van der Waals surface area contributed by atoms with E-state index in [2.05, 4.69) is 72.7 Å². The summed E-state index contributed by atoms with van der Waals surface area (Å²) in [6, 6.07) is 12.8. The minimum atomic E-state index is 0.251. The molecule has 24 heavy (non-hydrogen) atoms. The summed E-state index contributed by atoms with van der Waals surface area (Å²) < 4.78 is 0.628. The van der Waals surface area contributed by atoms with Crippen molar-refractivity contribution in [1.29, 1.82) is 0 Å². The zero-order chi connectivity index (χ0) is 17.0. The van der Waals surface area contributed by atoms with E-state index in [0.717, 1.165) is 24.5 Å². The van der Waals surface area contributed by atoms with Crippen LogP contribution < -0.4 is 5.32 Å². The molecule has 0 fully saturated rings. The SMILES string of the molecule is CCC[N+]1(C(C)c2ccc(Nc3ccc(C)cc3)nc2)C=CC=N1. The van der Waals surface area contributed by atoms with Gasteiger partial charge in [0.05, 0.1) is 6.21 Å². The number of hydrogen-bond acceptors (Lipinski definition) is 3. The summed E-state index contributed by atoms with van der Waals surface area (Å²) >= 11 is 0. The molecule has 1 aliphatic heterocycles. The van der Waals surface area contributed by atoms with Crippen molar-refractivity contribution in [3.8, 4) is 0 Å². The molecule has 0 radical (unpaired) electrons. The molecule has 4 nitrogen and oxygen atoms in total. The number of nitrogens with zero attached hydrogens (tertiary/aromatic N) is 3. The van der Waals surface area contributed by atoms with Crippen LogP contribution in [0.1, 0.15) is 37.4 Å². The zero-order valence-corrected chi connectivity index (χ0v) is 14.6. The van der Waals surface area contributed by atoms with Gasteiger partial charge in [0.25, 0.3) is 0 Å². The van der Waals surface area contributed by atoms with Crippen LogP contribution in [0.2, 0.25) is 0 Å². The van der Waals surface area contributed by atoms with Gasteiger partial charge in [0.1, 0.15) is 24.6 Å². The van der Waals surface area contributed by atoms with E-state index in [-0.39, 0.29) is 6.04 Å². The highest BCUT2D eigenvalue weighted by atomic mass is 15.6. The highest BCUT2D eigenvalue weighted by molar-refractivity contribution is 5.71. The maximum atomic E-state index is 4.69. The van der Waals surface area contributed by atoms with Gasteiger partial charge in [0, 0.05) is 23.5 Å². The lowest BCUT2D eigenvalue weighted by Gasteiger charge is -2.32. The molecule has 1 N–H and O–H groups in total. The van der Waals surface area contributed by atoms with Crippen molar-refractivity contribution in [3.63, 3.8) is 0 Å². The second-order valence-corrected chi connectivity index (χ2v) is 6.36. The Morgan fingerprint density at radius 1 is 1.12 bits per heavy atom. The lowest BCUT2D eigenvalue weighted by atomic mass is 10.1. The van der Waals surface area contributed by atoms with Crippen LogP contribution >= 0.6 is 0 Å². The predicted octanol–water partition coefficient (Wildman–Crippen LogP) is 4.93. The van der Waals surface area contributed by atoms with Gasteiger partial charge in [-0.25, -0.2) is 4.98 Å². The third-order valence-corrected chi connectivity index (χ3v) is 4.56. The Hall–Kier alpha value is -2.46. The largest absolute Gasteiger partial charge is 0.340 e. The summed E-state index contributed by atoms with van der Waals surface area (Å²) in [6.07, 6.45) is 9.15. The van der Waals surface area contributed by atoms with Crippen molar-refractivity contribution in [2.75, 3.05) is 11.9 Å². The van der Waals surface area contributed by atoms with Crippen molar-refractivity contribution in [1.82, 2.24) is 4.98 Å². The molecule has 1 aliphatic rings. The Kier molecular flexibility index (Phi) is 4.76. The van der Waals surface area contributed by atoms with Gasteiger partial charge in [0.15, 0.2) is 0 Å². The smallest absolute Gasteiger partial charge is 0.142 e. The van der Waals surface area contributed by atoms with Gasteiger partial charge < -0.3 is 5.32 Å². The van der Waals surface area contributed by atoms with Crippen LogP contribution in [0.3, 0.4) is 0 Å². The minimum absolute atomic E-state index is 0.251. The van der Waals surface area contributed by atoms with Crippen LogP contribution in [-0.4, -0.2) is 22.3 Å². The summed E-state index contributed by atoms with van der Waals surface area (Å²) in [7, 11) is 0. The molecule has 2 atom stereocenters. The number of hydrogen-bond donors (Lipinski definition) is 1. The first-order valence-corrected chi connectivity index (χ1v) is 8.53. The van der Waals surface area contributed by atoms with Gasteiger partial charge >= 0.3 is 0 Å². The molecule has 2 unspecified atom stereocenters.